The third-order valence-electron chi connectivity index (χ3n) is 5.99. The maximum atomic E-state index is 15.1. The number of hydrogen-bond acceptors (Lipinski definition) is 3. The minimum absolute atomic E-state index is 0.0364. The zero-order chi connectivity index (χ0) is 27.6. The summed E-state index contributed by atoms with van der Waals surface area (Å²) in [5, 5.41) is 19.5. The molecular weight excluding hydrogens is 505 g/mol. The van der Waals surface area contributed by atoms with Crippen LogP contribution in [0, 0.1) is 11.5 Å². The van der Waals surface area contributed by atoms with Crippen LogP contribution in [0.1, 0.15) is 22.3 Å². The predicted octanol–water partition coefficient (Wildman–Crippen LogP) is 8.02. The van der Waals surface area contributed by atoms with Gasteiger partial charge in [-0.1, -0.05) is 62.0 Å². The van der Waals surface area contributed by atoms with Gasteiger partial charge in [-0.25, -0.2) is 0 Å². The van der Waals surface area contributed by atoms with Gasteiger partial charge in [-0.15, -0.1) is 5.54 Å². The number of benzene rings is 4. The van der Waals surface area contributed by atoms with E-state index in [0.29, 0.717) is 11.5 Å². The fourth-order valence-electron chi connectivity index (χ4n) is 4.19. The van der Waals surface area contributed by atoms with Gasteiger partial charge in [0.1, 0.15) is 36.5 Å². The summed E-state index contributed by atoms with van der Waals surface area (Å²) >= 11 is 0. The van der Waals surface area contributed by atoms with Gasteiger partial charge < -0.3 is 14.9 Å². The molecule has 0 atom stereocenters. The van der Waals surface area contributed by atoms with Crippen LogP contribution >= 0.6 is 0 Å². The van der Waals surface area contributed by atoms with Crippen LogP contribution in [0.5, 0.6) is 23.0 Å². The molecule has 2 N–H and O–H groups in total. The summed E-state index contributed by atoms with van der Waals surface area (Å²) in [6.45, 7) is 6.49. The Balaban J connectivity index is 1.72. The van der Waals surface area contributed by atoms with Crippen molar-refractivity contribution < 1.29 is 28.1 Å². The second-order valence-electron chi connectivity index (χ2n) is 9.99. The molecule has 0 amide bonds. The van der Waals surface area contributed by atoms with Crippen molar-refractivity contribution in [1.29, 1.82) is 0 Å². The van der Waals surface area contributed by atoms with Crippen LogP contribution in [0.3, 0.4) is 0 Å². The molecule has 38 heavy (non-hydrogen) atoms. The van der Waals surface area contributed by atoms with E-state index >= 15 is 13.2 Å². The first-order chi connectivity index (χ1) is 17.9. The molecule has 0 spiro atoms. The van der Waals surface area contributed by atoms with E-state index in [1.54, 1.807) is 12.1 Å². The number of halogens is 3. The highest BCUT2D eigenvalue weighted by molar-refractivity contribution is 6.83. The normalized spacial score (nSPS) is 11.9. The van der Waals surface area contributed by atoms with Crippen LogP contribution in [-0.2, 0) is 5.41 Å². The Morgan fingerprint density at radius 3 is 1.34 bits per heavy atom. The molecule has 7 heteroatoms. The Labute approximate surface area is 221 Å². The lowest BCUT2D eigenvalue weighted by molar-refractivity contribution is -0.166. The smallest absolute Gasteiger partial charge is 0.406 e. The van der Waals surface area contributed by atoms with E-state index in [2.05, 4.69) is 31.1 Å². The highest BCUT2D eigenvalue weighted by Crippen LogP contribution is 2.51. The molecule has 0 aromatic heterocycles. The van der Waals surface area contributed by atoms with Crippen molar-refractivity contribution in [1.82, 2.24) is 0 Å². The Morgan fingerprint density at radius 2 is 0.974 bits per heavy atom. The lowest BCUT2D eigenvalue weighted by Crippen LogP contribution is -2.44. The molecule has 0 bridgehead atoms. The van der Waals surface area contributed by atoms with E-state index in [4.69, 9.17) is 4.74 Å². The maximum absolute atomic E-state index is 15.1. The number of phenolic OH excluding ortho intramolecular Hbond substituents is 2. The topological polar surface area (TPSA) is 49.7 Å². The minimum atomic E-state index is -4.75. The first-order valence-corrected chi connectivity index (χ1v) is 15.5. The van der Waals surface area contributed by atoms with Crippen LogP contribution < -0.4 is 4.74 Å². The summed E-state index contributed by atoms with van der Waals surface area (Å²) in [6.07, 6.45) is -4.75. The third-order valence-corrected chi connectivity index (χ3v) is 6.86. The predicted molar refractivity (Wildman–Crippen MR) is 145 cm³/mol. The largest absolute Gasteiger partial charge is 0.508 e. The van der Waals surface area contributed by atoms with Gasteiger partial charge in [0.2, 0.25) is 0 Å². The average Bonchev–Trinajstić information content (AvgIpc) is 2.86. The number of ether oxygens (including phenoxy) is 1. The van der Waals surface area contributed by atoms with Gasteiger partial charge in [0.05, 0.1) is 0 Å². The Bertz CT molecular complexity index is 1400. The van der Waals surface area contributed by atoms with Crippen LogP contribution in [0.4, 0.5) is 13.2 Å². The lowest BCUT2D eigenvalue weighted by Gasteiger charge is -2.37. The second-order valence-corrected chi connectivity index (χ2v) is 14.7. The van der Waals surface area contributed by atoms with E-state index in [-0.39, 0.29) is 28.2 Å². The summed E-state index contributed by atoms with van der Waals surface area (Å²) in [4.78, 5) is 0. The van der Waals surface area contributed by atoms with Crippen molar-refractivity contribution in [3.8, 4) is 34.5 Å². The number of alkyl halides is 3. The molecule has 0 aliphatic rings. The van der Waals surface area contributed by atoms with Gasteiger partial charge in [0, 0.05) is 5.56 Å². The summed E-state index contributed by atoms with van der Waals surface area (Å²) in [7, 11) is -1.50. The van der Waals surface area contributed by atoms with Crippen molar-refractivity contribution >= 4 is 8.07 Å². The Kier molecular flexibility index (Phi) is 7.30. The van der Waals surface area contributed by atoms with Crippen LogP contribution in [-0.4, -0.2) is 24.5 Å². The van der Waals surface area contributed by atoms with E-state index < -0.39 is 19.7 Å². The van der Waals surface area contributed by atoms with Gasteiger partial charge in [0.15, 0.2) is 0 Å². The molecule has 0 saturated carbocycles. The summed E-state index contributed by atoms with van der Waals surface area (Å²) in [5.41, 5.74) is 1.44. The van der Waals surface area contributed by atoms with Gasteiger partial charge in [-0.05, 0) is 77.4 Å². The Morgan fingerprint density at radius 1 is 0.605 bits per heavy atom. The average molecular weight is 533 g/mol. The molecule has 194 valence electrons. The van der Waals surface area contributed by atoms with Crippen LogP contribution in [0.2, 0.25) is 19.6 Å². The van der Waals surface area contributed by atoms with Gasteiger partial charge >= 0.3 is 6.18 Å². The van der Waals surface area contributed by atoms with Crippen molar-refractivity contribution in [3.05, 3.63) is 119 Å². The molecule has 0 saturated heterocycles. The highest BCUT2D eigenvalue weighted by atomic mass is 28.3. The van der Waals surface area contributed by atoms with Crippen molar-refractivity contribution in [2.45, 2.75) is 31.2 Å². The summed E-state index contributed by atoms with van der Waals surface area (Å²) in [5.74, 6) is 3.80. The summed E-state index contributed by atoms with van der Waals surface area (Å²) < 4.78 is 51.2. The van der Waals surface area contributed by atoms with Gasteiger partial charge in [-0.3, -0.25) is 0 Å². The number of phenols is 2. The number of rotatable bonds is 5. The first kappa shape index (κ1) is 26.9. The molecule has 0 unspecified atom stereocenters. The van der Waals surface area contributed by atoms with Crippen molar-refractivity contribution in [2.24, 2.45) is 0 Å². The maximum Gasteiger partial charge on any atom is 0.406 e. The zero-order valence-corrected chi connectivity index (χ0v) is 22.2. The molecule has 0 aliphatic heterocycles. The standard InChI is InChI=1S/C31H27F3O3Si/c1-38(2,3)21-20-22-4-16-28(17-5-22)37-29-18-10-25(11-19-29)30(31(32,33)34,23-6-12-26(35)13-7-23)24-8-14-27(36)15-9-24/h4-19,35-36H,1-3H3. The molecule has 3 nitrogen and oxygen atoms in total. The fourth-order valence-corrected chi connectivity index (χ4v) is 4.71. The quantitative estimate of drug-likeness (QED) is 0.155. The van der Waals surface area contributed by atoms with Crippen molar-refractivity contribution in [3.63, 3.8) is 0 Å². The van der Waals surface area contributed by atoms with Crippen LogP contribution in [0.15, 0.2) is 97.1 Å². The molecule has 0 fully saturated rings. The fraction of sp³-hybridized carbons (Fsp3) is 0.161. The molecule has 0 heterocycles. The Hall–Kier alpha value is -4.15. The molecule has 4 aromatic carbocycles. The monoisotopic (exact) mass is 532 g/mol. The van der Waals surface area contributed by atoms with E-state index in [9.17, 15) is 10.2 Å². The SMILES string of the molecule is C[Si](C)(C)C#Cc1ccc(Oc2ccc(C(c3ccc(O)cc3)(c3ccc(O)cc3)C(F)(F)F)cc2)cc1. The first-order valence-electron chi connectivity index (χ1n) is 12.0. The van der Waals surface area contributed by atoms with Crippen molar-refractivity contribution in [2.75, 3.05) is 0 Å². The zero-order valence-electron chi connectivity index (χ0n) is 21.2. The van der Waals surface area contributed by atoms with E-state index in [1.165, 1.54) is 72.8 Å². The number of aromatic hydroxyl groups is 2. The molecule has 4 rings (SSSR count). The highest BCUT2D eigenvalue weighted by Gasteiger charge is 2.58. The second kappa shape index (κ2) is 10.3. The lowest BCUT2D eigenvalue weighted by atomic mass is 9.68. The van der Waals surface area contributed by atoms with Crippen LogP contribution in [0.25, 0.3) is 0 Å². The molecular formula is C31H27F3O3Si. The van der Waals surface area contributed by atoms with Gasteiger partial charge in [0.25, 0.3) is 0 Å². The van der Waals surface area contributed by atoms with E-state index in [0.717, 1.165) is 5.56 Å². The van der Waals surface area contributed by atoms with E-state index in [1.807, 2.05) is 12.1 Å². The molecule has 0 aliphatic carbocycles. The number of hydrogen-bond donors (Lipinski definition) is 2. The molecule has 4 aromatic rings. The van der Waals surface area contributed by atoms with Gasteiger partial charge in [-0.2, -0.15) is 13.2 Å². The third kappa shape index (κ3) is 5.71. The molecule has 0 radical (unpaired) electrons. The summed E-state index contributed by atoms with van der Waals surface area (Å²) in [6, 6.07) is 22.9. The minimum Gasteiger partial charge on any atom is -0.508 e.